The summed E-state index contributed by atoms with van der Waals surface area (Å²) >= 11 is 4.13. The van der Waals surface area contributed by atoms with Crippen molar-refractivity contribution < 1.29 is 4.55 Å². The smallest absolute Gasteiger partial charge is 0.144 e. The number of hydrogen-bond donors (Lipinski definition) is 0. The molecule has 1 aliphatic heterocycles. The van der Waals surface area contributed by atoms with Crippen LogP contribution >= 0.6 is 27.7 Å². The largest absolute Gasteiger partial charge is 0.591 e. The number of thioether (sulfide) groups is 1. The molecule has 0 saturated heterocycles. The van der Waals surface area contributed by atoms with Crippen LogP contribution in [0.4, 0.5) is 0 Å². The quantitative estimate of drug-likeness (QED) is 0.446. The van der Waals surface area contributed by atoms with E-state index in [1.54, 1.807) is 11.8 Å². The highest BCUT2D eigenvalue weighted by atomic mass is 79.9. The molecule has 5 heteroatoms. The number of alkyl halides is 1. The summed E-state index contributed by atoms with van der Waals surface area (Å²) in [5, 5.41) is 0. The van der Waals surface area contributed by atoms with Gasteiger partial charge in [-0.05, 0) is 27.7 Å². The van der Waals surface area contributed by atoms with Gasteiger partial charge in [0.05, 0.1) is 0 Å². The highest BCUT2D eigenvalue weighted by Gasteiger charge is 2.27. The van der Waals surface area contributed by atoms with E-state index in [2.05, 4.69) is 26.4 Å². The minimum atomic E-state index is -1.16. The summed E-state index contributed by atoms with van der Waals surface area (Å²) in [5.74, 6) is 1.03. The summed E-state index contributed by atoms with van der Waals surface area (Å²) in [4.78, 5) is 1.57. The fraction of sp³-hybridized carbons (Fsp3) is 0.700. The topological polar surface area (TPSA) is 35.4 Å². The van der Waals surface area contributed by atoms with Gasteiger partial charge in [-0.2, -0.15) is 0 Å². The molecule has 1 rings (SSSR count). The van der Waals surface area contributed by atoms with Crippen LogP contribution in [-0.2, 0) is 11.4 Å². The van der Waals surface area contributed by atoms with Gasteiger partial charge < -0.3 is 4.55 Å². The van der Waals surface area contributed by atoms with Gasteiger partial charge in [0.1, 0.15) is 21.8 Å². The van der Waals surface area contributed by atoms with Gasteiger partial charge in [-0.15, -0.1) is 11.8 Å². The van der Waals surface area contributed by atoms with Crippen LogP contribution in [0, 0.1) is 0 Å². The van der Waals surface area contributed by atoms with Crippen molar-refractivity contribution >= 4 is 44.8 Å². The van der Waals surface area contributed by atoms with E-state index >= 15 is 0 Å². The fourth-order valence-electron chi connectivity index (χ4n) is 0.961. The summed E-state index contributed by atoms with van der Waals surface area (Å²) < 4.78 is 15.8. The molecule has 0 aromatic rings. The molecule has 0 N–H and O–H groups in total. The van der Waals surface area contributed by atoms with Crippen molar-refractivity contribution in [1.29, 1.82) is 0 Å². The van der Waals surface area contributed by atoms with Gasteiger partial charge in [0.15, 0.2) is 0 Å². The maximum Gasteiger partial charge on any atom is 0.144 e. The van der Waals surface area contributed by atoms with Crippen molar-refractivity contribution in [2.75, 3.05) is 5.75 Å². The standard InChI is InChI=1S/C10H16BrNOS2/c1-7(9-5-8(11)6-14-9)12-15(13)10(2,3)4/h5,8H,6H2,1-4H3/b12-7+. The molecule has 0 amide bonds. The molecule has 0 aromatic heterocycles. The van der Waals surface area contributed by atoms with Crippen LogP contribution in [0.15, 0.2) is 15.4 Å². The summed E-state index contributed by atoms with van der Waals surface area (Å²) in [6.07, 6.45) is 2.13. The SMILES string of the molecule is C/C(=N\[S+]([O-])C(C)(C)C)C1=CC(Br)CS1. The van der Waals surface area contributed by atoms with Crippen LogP contribution in [0.3, 0.4) is 0 Å². The molecular formula is C10H16BrNOS2. The van der Waals surface area contributed by atoms with E-state index in [1.165, 1.54) is 0 Å². The zero-order chi connectivity index (χ0) is 11.6. The molecule has 86 valence electrons. The average molecular weight is 310 g/mol. The summed E-state index contributed by atoms with van der Waals surface area (Å²) in [6.45, 7) is 7.73. The lowest BCUT2D eigenvalue weighted by Crippen LogP contribution is -2.26. The molecule has 15 heavy (non-hydrogen) atoms. The Morgan fingerprint density at radius 3 is 2.67 bits per heavy atom. The number of allylic oxidation sites excluding steroid dienone is 2. The molecule has 0 aromatic carbocycles. The normalized spacial score (nSPS) is 25.3. The third-order valence-corrected chi connectivity index (χ3v) is 5.60. The molecule has 2 atom stereocenters. The Hall–Kier alpha value is 0.550. The molecule has 0 aliphatic carbocycles. The molecule has 0 fully saturated rings. The third-order valence-electron chi connectivity index (χ3n) is 1.83. The lowest BCUT2D eigenvalue weighted by molar-refractivity contribution is 0.561. The molecule has 2 unspecified atom stereocenters. The first-order valence-electron chi connectivity index (χ1n) is 4.77. The van der Waals surface area contributed by atoms with Crippen molar-refractivity contribution in [3.63, 3.8) is 0 Å². The number of hydrogen-bond acceptors (Lipinski definition) is 3. The second-order valence-corrected chi connectivity index (χ2v) is 8.54. The van der Waals surface area contributed by atoms with Gasteiger partial charge in [-0.25, -0.2) is 0 Å². The Balaban J connectivity index is 2.72. The van der Waals surface area contributed by atoms with Crippen molar-refractivity contribution in [3.8, 4) is 0 Å². The molecule has 0 radical (unpaired) electrons. The number of nitrogens with zero attached hydrogens (tertiary/aromatic N) is 1. The molecular weight excluding hydrogens is 294 g/mol. The lowest BCUT2D eigenvalue weighted by atomic mass is 10.3. The monoisotopic (exact) mass is 309 g/mol. The van der Waals surface area contributed by atoms with E-state index in [4.69, 9.17) is 0 Å². The second kappa shape index (κ2) is 5.25. The van der Waals surface area contributed by atoms with Gasteiger partial charge in [-0.1, -0.05) is 26.4 Å². The van der Waals surface area contributed by atoms with Gasteiger partial charge in [-0.3, -0.25) is 0 Å². The molecule has 0 saturated carbocycles. The van der Waals surface area contributed by atoms with E-state index in [1.807, 2.05) is 27.7 Å². The minimum Gasteiger partial charge on any atom is -0.591 e. The minimum absolute atomic E-state index is 0.279. The number of halogens is 1. The lowest BCUT2D eigenvalue weighted by Gasteiger charge is -2.18. The second-order valence-electron chi connectivity index (χ2n) is 4.40. The Kier molecular flexibility index (Phi) is 4.77. The Morgan fingerprint density at radius 2 is 2.27 bits per heavy atom. The summed E-state index contributed by atoms with van der Waals surface area (Å²) in [6, 6.07) is 0. The van der Waals surface area contributed by atoms with E-state index in [0.717, 1.165) is 16.4 Å². The fourth-order valence-corrected chi connectivity index (χ4v) is 3.43. The van der Waals surface area contributed by atoms with Gasteiger partial charge in [0.2, 0.25) is 0 Å². The van der Waals surface area contributed by atoms with Gasteiger partial charge in [0, 0.05) is 15.5 Å². The molecule has 0 spiro atoms. The number of rotatable bonds is 2. The third kappa shape index (κ3) is 4.13. The maximum absolute atomic E-state index is 11.8. The first kappa shape index (κ1) is 13.6. The Labute approximate surface area is 107 Å². The first-order valence-corrected chi connectivity index (χ1v) is 7.78. The van der Waals surface area contributed by atoms with Crippen LogP contribution in [0.5, 0.6) is 0 Å². The zero-order valence-corrected chi connectivity index (χ0v) is 12.6. The van der Waals surface area contributed by atoms with E-state index in [0.29, 0.717) is 4.83 Å². The van der Waals surface area contributed by atoms with Crippen LogP contribution in [-0.4, -0.2) is 25.6 Å². The molecule has 2 nitrogen and oxygen atoms in total. The van der Waals surface area contributed by atoms with E-state index < -0.39 is 11.4 Å². The van der Waals surface area contributed by atoms with Crippen LogP contribution in [0.2, 0.25) is 0 Å². The highest BCUT2D eigenvalue weighted by molar-refractivity contribution is 9.09. The Bertz CT molecular complexity index is 296. The Morgan fingerprint density at radius 1 is 1.67 bits per heavy atom. The molecule has 0 bridgehead atoms. The van der Waals surface area contributed by atoms with Gasteiger partial charge >= 0.3 is 0 Å². The van der Waals surface area contributed by atoms with Crippen molar-refractivity contribution in [2.24, 2.45) is 4.40 Å². The highest BCUT2D eigenvalue weighted by Crippen LogP contribution is 2.31. The van der Waals surface area contributed by atoms with Gasteiger partial charge in [0.25, 0.3) is 0 Å². The van der Waals surface area contributed by atoms with Crippen molar-refractivity contribution in [2.45, 2.75) is 37.3 Å². The summed E-state index contributed by atoms with van der Waals surface area (Å²) in [5.41, 5.74) is 0.884. The predicted octanol–water partition coefficient (Wildman–Crippen LogP) is 3.30. The molecule has 1 aliphatic rings. The predicted molar refractivity (Wildman–Crippen MR) is 74.3 cm³/mol. The van der Waals surface area contributed by atoms with Crippen LogP contribution in [0.25, 0.3) is 0 Å². The maximum atomic E-state index is 11.8. The first-order chi connectivity index (χ1) is 6.80. The van der Waals surface area contributed by atoms with Crippen molar-refractivity contribution in [3.05, 3.63) is 11.0 Å². The average Bonchev–Trinajstić information content (AvgIpc) is 2.50. The zero-order valence-electron chi connectivity index (χ0n) is 9.41. The summed E-state index contributed by atoms with van der Waals surface area (Å²) in [7, 11) is 0. The van der Waals surface area contributed by atoms with Crippen LogP contribution in [0.1, 0.15) is 27.7 Å². The van der Waals surface area contributed by atoms with E-state index in [9.17, 15) is 4.55 Å². The van der Waals surface area contributed by atoms with E-state index in [-0.39, 0.29) is 4.75 Å². The molecule has 1 heterocycles. The van der Waals surface area contributed by atoms with Crippen molar-refractivity contribution in [1.82, 2.24) is 0 Å². The van der Waals surface area contributed by atoms with Crippen LogP contribution < -0.4 is 0 Å².